The van der Waals surface area contributed by atoms with Gasteiger partial charge >= 0.3 is 5.97 Å². The lowest BCUT2D eigenvalue weighted by Gasteiger charge is -2.08. The Balaban J connectivity index is 2.79. The predicted octanol–water partition coefficient (Wildman–Crippen LogP) is 1.94. The number of Topliss-reactive ketones (excluding diaryl/α,β-unsaturated/α-hetero) is 1. The van der Waals surface area contributed by atoms with E-state index in [-0.39, 0.29) is 23.8 Å². The molecule has 6 nitrogen and oxygen atoms in total. The zero-order chi connectivity index (χ0) is 14.4. The molecule has 0 saturated heterocycles. The van der Waals surface area contributed by atoms with Crippen LogP contribution in [0, 0.1) is 0 Å². The number of carbonyl (C=O) groups excluding carboxylic acids is 3. The van der Waals surface area contributed by atoms with Gasteiger partial charge in [0.15, 0.2) is 5.78 Å². The number of anilines is 1. The fraction of sp³-hybridized carbons (Fsp3) is 0.333. The number of hydrogen-bond acceptors (Lipinski definition) is 5. The van der Waals surface area contributed by atoms with E-state index in [0.29, 0.717) is 4.47 Å². The van der Waals surface area contributed by atoms with Gasteiger partial charge in [-0.05, 0) is 35.8 Å². The Bertz CT molecular complexity index is 516. The SMILES string of the molecule is CCOC(=O)CC(=O)Nc1ncc(Br)cc1C(C)=O. The van der Waals surface area contributed by atoms with Crippen molar-refractivity contribution in [1.29, 1.82) is 0 Å². The van der Waals surface area contributed by atoms with Gasteiger partial charge in [-0.15, -0.1) is 0 Å². The minimum Gasteiger partial charge on any atom is -0.466 e. The van der Waals surface area contributed by atoms with E-state index in [9.17, 15) is 14.4 Å². The number of amides is 1. The first kappa shape index (κ1) is 15.3. The second-order valence-electron chi connectivity index (χ2n) is 3.64. The lowest BCUT2D eigenvalue weighted by Crippen LogP contribution is -2.20. The second-order valence-corrected chi connectivity index (χ2v) is 4.55. The summed E-state index contributed by atoms with van der Waals surface area (Å²) in [6, 6.07) is 1.55. The van der Waals surface area contributed by atoms with Crippen LogP contribution in [-0.2, 0) is 14.3 Å². The Morgan fingerprint density at radius 1 is 1.42 bits per heavy atom. The minimum atomic E-state index is -0.624. The summed E-state index contributed by atoms with van der Waals surface area (Å²) in [7, 11) is 0. The second kappa shape index (κ2) is 6.98. The molecular formula is C12H13BrN2O4. The predicted molar refractivity (Wildman–Crippen MR) is 71.8 cm³/mol. The van der Waals surface area contributed by atoms with Crippen LogP contribution >= 0.6 is 15.9 Å². The van der Waals surface area contributed by atoms with Crippen LogP contribution in [0.15, 0.2) is 16.7 Å². The molecule has 0 aliphatic rings. The van der Waals surface area contributed by atoms with Gasteiger partial charge in [0, 0.05) is 10.7 Å². The molecule has 1 rings (SSSR count). The number of rotatable bonds is 5. The third-order valence-electron chi connectivity index (χ3n) is 2.10. The van der Waals surface area contributed by atoms with Crippen LogP contribution in [0.3, 0.4) is 0 Å². The Hall–Kier alpha value is -1.76. The number of hydrogen-bond donors (Lipinski definition) is 1. The van der Waals surface area contributed by atoms with Crippen molar-refractivity contribution in [3.8, 4) is 0 Å². The highest BCUT2D eigenvalue weighted by atomic mass is 79.9. The number of halogens is 1. The van der Waals surface area contributed by atoms with Crippen molar-refractivity contribution < 1.29 is 19.1 Å². The first-order valence-electron chi connectivity index (χ1n) is 5.56. The molecule has 1 aromatic heterocycles. The van der Waals surface area contributed by atoms with Gasteiger partial charge in [0.2, 0.25) is 5.91 Å². The molecule has 0 saturated carbocycles. The number of nitrogens with zero attached hydrogens (tertiary/aromatic N) is 1. The summed E-state index contributed by atoms with van der Waals surface area (Å²) in [6.07, 6.45) is 1.04. The number of aromatic nitrogens is 1. The van der Waals surface area contributed by atoms with Crippen molar-refractivity contribution >= 4 is 39.4 Å². The zero-order valence-corrected chi connectivity index (χ0v) is 12.1. The summed E-state index contributed by atoms with van der Waals surface area (Å²) in [4.78, 5) is 38.1. The molecule has 0 unspecified atom stereocenters. The van der Waals surface area contributed by atoms with Crippen LogP contribution in [0.1, 0.15) is 30.6 Å². The molecule has 0 aliphatic heterocycles. The number of ether oxygens (including phenoxy) is 1. The van der Waals surface area contributed by atoms with E-state index in [1.54, 1.807) is 13.0 Å². The number of pyridine rings is 1. The van der Waals surface area contributed by atoms with Crippen molar-refractivity contribution in [1.82, 2.24) is 4.98 Å². The van der Waals surface area contributed by atoms with Gasteiger partial charge in [-0.3, -0.25) is 14.4 Å². The van der Waals surface area contributed by atoms with Crippen molar-refractivity contribution in [2.24, 2.45) is 0 Å². The molecule has 1 N–H and O–H groups in total. The lowest BCUT2D eigenvalue weighted by atomic mass is 10.2. The molecule has 0 radical (unpaired) electrons. The molecule has 1 aromatic rings. The number of carbonyl (C=O) groups is 3. The summed E-state index contributed by atoms with van der Waals surface area (Å²) in [5.74, 6) is -1.30. The average molecular weight is 329 g/mol. The van der Waals surface area contributed by atoms with Crippen molar-refractivity contribution in [2.45, 2.75) is 20.3 Å². The zero-order valence-electron chi connectivity index (χ0n) is 10.5. The Morgan fingerprint density at radius 3 is 2.68 bits per heavy atom. The van der Waals surface area contributed by atoms with Gasteiger partial charge in [0.05, 0.1) is 12.2 Å². The number of ketones is 1. The fourth-order valence-corrected chi connectivity index (χ4v) is 1.66. The van der Waals surface area contributed by atoms with E-state index in [2.05, 4.69) is 31.0 Å². The van der Waals surface area contributed by atoms with E-state index in [1.807, 2.05) is 0 Å². The van der Waals surface area contributed by atoms with E-state index in [1.165, 1.54) is 13.1 Å². The van der Waals surface area contributed by atoms with Gasteiger partial charge in [-0.25, -0.2) is 4.98 Å². The van der Waals surface area contributed by atoms with Gasteiger partial charge in [0.25, 0.3) is 0 Å². The maximum atomic E-state index is 11.6. The average Bonchev–Trinajstić information content (AvgIpc) is 2.31. The quantitative estimate of drug-likeness (QED) is 0.507. The van der Waals surface area contributed by atoms with Crippen LogP contribution in [0.5, 0.6) is 0 Å². The summed E-state index contributed by atoms with van der Waals surface area (Å²) >= 11 is 3.19. The Morgan fingerprint density at radius 2 is 2.11 bits per heavy atom. The van der Waals surface area contributed by atoms with E-state index in [4.69, 9.17) is 0 Å². The molecule has 102 valence electrons. The molecule has 19 heavy (non-hydrogen) atoms. The number of nitrogens with one attached hydrogen (secondary N) is 1. The third kappa shape index (κ3) is 4.78. The van der Waals surface area contributed by atoms with Crippen LogP contribution < -0.4 is 5.32 Å². The Labute approximate surface area is 118 Å². The molecule has 1 heterocycles. The molecule has 0 aliphatic carbocycles. The van der Waals surface area contributed by atoms with E-state index < -0.39 is 18.3 Å². The van der Waals surface area contributed by atoms with Gasteiger partial charge in [-0.2, -0.15) is 0 Å². The van der Waals surface area contributed by atoms with Crippen molar-refractivity contribution in [3.05, 3.63) is 22.3 Å². The topological polar surface area (TPSA) is 85.4 Å². The first-order valence-corrected chi connectivity index (χ1v) is 6.35. The smallest absolute Gasteiger partial charge is 0.315 e. The molecule has 0 aromatic carbocycles. The largest absolute Gasteiger partial charge is 0.466 e. The molecule has 0 spiro atoms. The van der Waals surface area contributed by atoms with Crippen molar-refractivity contribution in [3.63, 3.8) is 0 Å². The molecular weight excluding hydrogens is 316 g/mol. The normalized spacial score (nSPS) is 9.84. The maximum absolute atomic E-state index is 11.6. The minimum absolute atomic E-state index is 0.130. The molecule has 7 heteroatoms. The lowest BCUT2D eigenvalue weighted by molar-refractivity contribution is -0.145. The monoisotopic (exact) mass is 328 g/mol. The summed E-state index contributed by atoms with van der Waals surface area (Å²) in [6.45, 7) is 3.23. The Kier molecular flexibility index (Phi) is 5.62. The van der Waals surface area contributed by atoms with Crippen molar-refractivity contribution in [2.75, 3.05) is 11.9 Å². The van der Waals surface area contributed by atoms with Gasteiger partial charge in [-0.1, -0.05) is 0 Å². The van der Waals surface area contributed by atoms with E-state index in [0.717, 1.165) is 0 Å². The highest BCUT2D eigenvalue weighted by Crippen LogP contribution is 2.18. The first-order chi connectivity index (χ1) is 8.93. The molecule has 1 amide bonds. The number of esters is 1. The maximum Gasteiger partial charge on any atom is 0.315 e. The van der Waals surface area contributed by atoms with Gasteiger partial charge < -0.3 is 10.1 Å². The summed E-state index contributed by atoms with van der Waals surface area (Å²) in [5.41, 5.74) is 0.270. The third-order valence-corrected chi connectivity index (χ3v) is 2.54. The van der Waals surface area contributed by atoms with Gasteiger partial charge in [0.1, 0.15) is 12.2 Å². The van der Waals surface area contributed by atoms with Crippen LogP contribution in [0.2, 0.25) is 0 Å². The molecule has 0 bridgehead atoms. The summed E-state index contributed by atoms with van der Waals surface area (Å²) in [5, 5.41) is 2.42. The van der Waals surface area contributed by atoms with Crippen LogP contribution in [-0.4, -0.2) is 29.3 Å². The van der Waals surface area contributed by atoms with E-state index >= 15 is 0 Å². The summed E-state index contributed by atoms with van der Waals surface area (Å²) < 4.78 is 5.28. The highest BCUT2D eigenvalue weighted by molar-refractivity contribution is 9.10. The molecule has 0 atom stereocenters. The molecule has 0 fully saturated rings. The van der Waals surface area contributed by atoms with Crippen LogP contribution in [0.25, 0.3) is 0 Å². The standard InChI is InChI=1S/C12H13BrN2O4/c1-3-19-11(18)5-10(17)15-12-9(7(2)16)4-8(13)6-14-12/h4,6H,3,5H2,1-2H3,(H,14,15,17). The highest BCUT2D eigenvalue weighted by Gasteiger charge is 2.15. The fourth-order valence-electron chi connectivity index (χ4n) is 1.33. The van der Waals surface area contributed by atoms with Crippen LogP contribution in [0.4, 0.5) is 5.82 Å².